The maximum absolute atomic E-state index is 12.8. The predicted octanol–water partition coefficient (Wildman–Crippen LogP) is 5.62. The van der Waals surface area contributed by atoms with Crippen molar-refractivity contribution in [3.63, 3.8) is 0 Å². The molecule has 0 bridgehead atoms. The standard InChI is InChI=1S/C23H16ClN3O4S2/c24-19-10-16(5-8-20(19)31-14-15-3-6-18(7-4-15)27(29)30)11-21-22(28)26(23(32)33-21)13-17-2-1-9-25-12-17/h1-12H,13-14H2. The molecule has 2 heterocycles. The monoisotopic (exact) mass is 497 g/mol. The molecular weight excluding hydrogens is 482 g/mol. The number of ether oxygens (including phenoxy) is 1. The smallest absolute Gasteiger partial charge is 0.269 e. The highest BCUT2D eigenvalue weighted by molar-refractivity contribution is 8.26. The first kappa shape index (κ1) is 22.9. The van der Waals surface area contributed by atoms with Crippen molar-refractivity contribution in [2.75, 3.05) is 0 Å². The summed E-state index contributed by atoms with van der Waals surface area (Å²) in [6, 6.07) is 15.0. The summed E-state index contributed by atoms with van der Waals surface area (Å²) in [6.45, 7) is 0.579. The van der Waals surface area contributed by atoms with Gasteiger partial charge in [0.25, 0.3) is 11.6 Å². The molecule has 0 aliphatic carbocycles. The number of hydrogen-bond acceptors (Lipinski definition) is 7. The van der Waals surface area contributed by atoms with E-state index < -0.39 is 4.92 Å². The van der Waals surface area contributed by atoms with E-state index in [1.165, 1.54) is 23.9 Å². The van der Waals surface area contributed by atoms with Crippen LogP contribution in [0.1, 0.15) is 16.7 Å². The Morgan fingerprint density at radius 2 is 1.97 bits per heavy atom. The molecule has 0 saturated carbocycles. The van der Waals surface area contributed by atoms with E-state index in [0.717, 1.165) is 16.7 Å². The first-order valence-corrected chi connectivity index (χ1v) is 11.3. The first-order valence-electron chi connectivity index (χ1n) is 9.70. The average molecular weight is 498 g/mol. The zero-order valence-electron chi connectivity index (χ0n) is 17.0. The molecule has 1 fully saturated rings. The number of hydrogen-bond donors (Lipinski definition) is 0. The SMILES string of the molecule is O=C1C(=Cc2ccc(OCc3ccc([N+](=O)[O-])cc3)c(Cl)c2)SC(=S)N1Cc1cccnc1. The second-order valence-electron chi connectivity index (χ2n) is 7.03. The van der Waals surface area contributed by atoms with Crippen molar-refractivity contribution in [1.29, 1.82) is 0 Å². The highest BCUT2D eigenvalue weighted by Gasteiger charge is 2.32. The van der Waals surface area contributed by atoms with E-state index in [-0.39, 0.29) is 18.2 Å². The molecule has 33 heavy (non-hydrogen) atoms. The van der Waals surface area contributed by atoms with Crippen molar-refractivity contribution in [3.05, 3.63) is 104 Å². The van der Waals surface area contributed by atoms with Crippen molar-refractivity contribution in [2.24, 2.45) is 0 Å². The molecule has 166 valence electrons. The van der Waals surface area contributed by atoms with Crippen molar-refractivity contribution >= 4 is 57.6 Å². The normalized spacial score (nSPS) is 14.7. The van der Waals surface area contributed by atoms with Gasteiger partial charge in [-0.1, -0.05) is 47.7 Å². The quantitative estimate of drug-likeness (QED) is 0.181. The third kappa shape index (κ3) is 5.57. The van der Waals surface area contributed by atoms with E-state index in [1.54, 1.807) is 53.7 Å². The molecule has 7 nitrogen and oxygen atoms in total. The Balaban J connectivity index is 1.42. The molecular formula is C23H16ClN3O4S2. The summed E-state index contributed by atoms with van der Waals surface area (Å²) in [7, 11) is 0. The first-order chi connectivity index (χ1) is 15.9. The number of non-ortho nitro benzene ring substituents is 1. The summed E-state index contributed by atoms with van der Waals surface area (Å²) in [5, 5.41) is 11.1. The van der Waals surface area contributed by atoms with Crippen LogP contribution in [0.25, 0.3) is 6.08 Å². The van der Waals surface area contributed by atoms with E-state index in [4.69, 9.17) is 28.6 Å². The molecule has 10 heteroatoms. The number of carbonyl (C=O) groups is 1. The Morgan fingerprint density at radius 3 is 2.64 bits per heavy atom. The molecule has 0 N–H and O–H groups in total. The lowest BCUT2D eigenvalue weighted by atomic mass is 10.2. The minimum Gasteiger partial charge on any atom is -0.487 e. The van der Waals surface area contributed by atoms with Crippen LogP contribution in [0.5, 0.6) is 5.75 Å². The number of amides is 1. The van der Waals surface area contributed by atoms with Crippen LogP contribution in [0.3, 0.4) is 0 Å². The van der Waals surface area contributed by atoms with Gasteiger partial charge in [-0.3, -0.25) is 24.8 Å². The average Bonchev–Trinajstić information content (AvgIpc) is 3.07. The van der Waals surface area contributed by atoms with Crippen LogP contribution in [0.15, 0.2) is 71.9 Å². The second-order valence-corrected chi connectivity index (χ2v) is 9.11. The molecule has 0 unspecified atom stereocenters. The van der Waals surface area contributed by atoms with Crippen LogP contribution in [0.4, 0.5) is 5.69 Å². The molecule has 1 amide bonds. The summed E-state index contributed by atoms with van der Waals surface area (Å²) in [5.41, 5.74) is 2.43. The summed E-state index contributed by atoms with van der Waals surface area (Å²) in [5.74, 6) is 0.305. The van der Waals surface area contributed by atoms with E-state index in [0.29, 0.717) is 26.5 Å². The fraction of sp³-hybridized carbons (Fsp3) is 0.0870. The number of nitrogens with zero attached hydrogens (tertiary/aromatic N) is 3. The number of thioether (sulfide) groups is 1. The largest absolute Gasteiger partial charge is 0.487 e. The van der Waals surface area contributed by atoms with E-state index >= 15 is 0 Å². The van der Waals surface area contributed by atoms with Crippen molar-refractivity contribution < 1.29 is 14.5 Å². The van der Waals surface area contributed by atoms with Crippen LogP contribution in [0.2, 0.25) is 5.02 Å². The highest BCUT2D eigenvalue weighted by atomic mass is 35.5. The lowest BCUT2D eigenvalue weighted by molar-refractivity contribution is -0.384. The summed E-state index contributed by atoms with van der Waals surface area (Å²) in [6.07, 6.45) is 5.13. The van der Waals surface area contributed by atoms with Gasteiger partial charge in [0.1, 0.15) is 16.7 Å². The Labute approximate surface area is 204 Å². The van der Waals surface area contributed by atoms with Gasteiger partial charge < -0.3 is 4.74 Å². The maximum atomic E-state index is 12.8. The van der Waals surface area contributed by atoms with Gasteiger partial charge in [0.15, 0.2) is 0 Å². The van der Waals surface area contributed by atoms with Gasteiger partial charge in [0.05, 0.1) is 21.4 Å². The number of thiocarbonyl (C=S) groups is 1. The Kier molecular flexibility index (Phi) is 7.02. The van der Waals surface area contributed by atoms with E-state index in [9.17, 15) is 14.9 Å². The zero-order valence-corrected chi connectivity index (χ0v) is 19.4. The molecule has 0 spiro atoms. The van der Waals surface area contributed by atoms with Gasteiger partial charge in [-0.15, -0.1) is 0 Å². The lowest BCUT2D eigenvalue weighted by Crippen LogP contribution is -2.27. The van der Waals surface area contributed by atoms with Crippen LogP contribution in [-0.2, 0) is 17.9 Å². The fourth-order valence-electron chi connectivity index (χ4n) is 3.06. The third-order valence-electron chi connectivity index (χ3n) is 4.73. The van der Waals surface area contributed by atoms with Crippen LogP contribution < -0.4 is 4.74 Å². The van der Waals surface area contributed by atoms with Crippen molar-refractivity contribution in [2.45, 2.75) is 13.2 Å². The lowest BCUT2D eigenvalue weighted by Gasteiger charge is -2.13. The number of pyridine rings is 1. The van der Waals surface area contributed by atoms with Gasteiger partial charge in [-0.25, -0.2) is 0 Å². The predicted molar refractivity (Wildman–Crippen MR) is 132 cm³/mol. The topological polar surface area (TPSA) is 85.6 Å². The van der Waals surface area contributed by atoms with Gasteiger partial charge in [-0.05, 0) is 53.1 Å². The number of benzene rings is 2. The molecule has 1 aliphatic heterocycles. The van der Waals surface area contributed by atoms with Gasteiger partial charge in [-0.2, -0.15) is 0 Å². The Hall–Kier alpha value is -3.27. The minimum absolute atomic E-state index is 0.0204. The molecule has 0 radical (unpaired) electrons. The highest BCUT2D eigenvalue weighted by Crippen LogP contribution is 2.35. The summed E-state index contributed by atoms with van der Waals surface area (Å²) in [4.78, 5) is 29.3. The fourth-order valence-corrected chi connectivity index (χ4v) is 4.56. The molecule has 2 aromatic carbocycles. The number of nitro groups is 1. The molecule has 4 rings (SSSR count). The maximum Gasteiger partial charge on any atom is 0.269 e. The van der Waals surface area contributed by atoms with Crippen LogP contribution in [0, 0.1) is 10.1 Å². The number of rotatable bonds is 7. The molecule has 1 saturated heterocycles. The molecule has 0 atom stereocenters. The number of halogens is 1. The van der Waals surface area contributed by atoms with Crippen molar-refractivity contribution in [3.8, 4) is 5.75 Å². The molecule has 3 aromatic rings. The number of nitro benzene ring substituents is 1. The Morgan fingerprint density at radius 1 is 1.18 bits per heavy atom. The van der Waals surface area contributed by atoms with Gasteiger partial charge in [0, 0.05) is 24.5 Å². The molecule has 1 aromatic heterocycles. The summed E-state index contributed by atoms with van der Waals surface area (Å²) >= 11 is 13.0. The third-order valence-corrected chi connectivity index (χ3v) is 6.41. The van der Waals surface area contributed by atoms with Gasteiger partial charge >= 0.3 is 0 Å². The van der Waals surface area contributed by atoms with Crippen molar-refractivity contribution in [1.82, 2.24) is 9.88 Å². The van der Waals surface area contributed by atoms with Gasteiger partial charge in [0.2, 0.25) is 0 Å². The van der Waals surface area contributed by atoms with Crippen LogP contribution >= 0.6 is 35.6 Å². The minimum atomic E-state index is -0.451. The molecule has 1 aliphatic rings. The Bertz CT molecular complexity index is 1250. The summed E-state index contributed by atoms with van der Waals surface area (Å²) < 4.78 is 6.23. The van der Waals surface area contributed by atoms with E-state index in [2.05, 4.69) is 4.98 Å². The van der Waals surface area contributed by atoms with E-state index in [1.807, 2.05) is 12.1 Å². The number of aromatic nitrogens is 1. The van der Waals surface area contributed by atoms with Crippen LogP contribution in [-0.4, -0.2) is 25.0 Å². The zero-order chi connectivity index (χ0) is 23.4. The second kappa shape index (κ2) is 10.1. The number of carbonyl (C=O) groups excluding carboxylic acids is 1.